The highest BCUT2D eigenvalue weighted by Crippen LogP contribution is 2.16. The summed E-state index contributed by atoms with van der Waals surface area (Å²) in [6.07, 6.45) is 2.92. The van der Waals surface area contributed by atoms with Crippen molar-refractivity contribution in [3.8, 4) is 0 Å². The minimum Gasteiger partial charge on any atom is -0.350 e. The summed E-state index contributed by atoms with van der Waals surface area (Å²) in [5.41, 5.74) is 0.729. The molecular weight excluding hydrogens is 296 g/mol. The molecule has 1 aromatic carbocycles. The molecule has 0 amide bonds. The first kappa shape index (κ1) is 14.4. The molecule has 0 saturated heterocycles. The smallest absolute Gasteiger partial charge is 0.264 e. The highest BCUT2D eigenvalue weighted by atomic mass is 32.2. The molecule has 0 atom stereocenters. The molecule has 0 bridgehead atoms. The van der Waals surface area contributed by atoms with Gasteiger partial charge in [-0.2, -0.15) is 0 Å². The Hall–Kier alpha value is -2.06. The van der Waals surface area contributed by atoms with Crippen LogP contribution < -0.4 is 10.0 Å². The van der Waals surface area contributed by atoms with Crippen LogP contribution >= 0.6 is 12.2 Å². The SMILES string of the molecule is CC(=S)Nc1ccc(S(=O)(=O)Nc2ncccn2)cc1. The second kappa shape index (κ2) is 5.93. The van der Waals surface area contributed by atoms with E-state index in [1.54, 1.807) is 25.1 Å². The third-order valence-electron chi connectivity index (χ3n) is 2.28. The largest absolute Gasteiger partial charge is 0.350 e. The van der Waals surface area contributed by atoms with Gasteiger partial charge in [0.05, 0.1) is 9.88 Å². The quantitative estimate of drug-likeness (QED) is 0.841. The number of benzene rings is 1. The van der Waals surface area contributed by atoms with E-state index in [-0.39, 0.29) is 10.8 Å². The van der Waals surface area contributed by atoms with Crippen molar-refractivity contribution >= 4 is 38.9 Å². The van der Waals surface area contributed by atoms with Gasteiger partial charge >= 0.3 is 0 Å². The second-order valence-corrected chi connectivity index (χ2v) is 6.18. The molecule has 2 N–H and O–H groups in total. The number of nitrogens with one attached hydrogen (secondary N) is 2. The molecule has 0 aliphatic carbocycles. The minimum atomic E-state index is -3.69. The Morgan fingerprint density at radius 1 is 1.15 bits per heavy atom. The standard InChI is InChI=1S/C12H12N4O2S2/c1-9(19)15-10-3-5-11(6-4-10)20(17,18)16-12-13-7-2-8-14-12/h2-8H,1H3,(H,15,19)(H,13,14,16). The molecule has 2 rings (SSSR count). The van der Waals surface area contributed by atoms with Gasteiger partial charge in [-0.15, -0.1) is 0 Å². The van der Waals surface area contributed by atoms with Gasteiger partial charge < -0.3 is 5.32 Å². The number of nitrogens with zero attached hydrogens (tertiary/aromatic N) is 2. The molecule has 0 spiro atoms. The van der Waals surface area contributed by atoms with Gasteiger partial charge in [-0.3, -0.25) is 0 Å². The summed E-state index contributed by atoms with van der Waals surface area (Å²) in [6, 6.07) is 7.83. The summed E-state index contributed by atoms with van der Waals surface area (Å²) in [5, 5.41) is 2.92. The fourth-order valence-corrected chi connectivity index (χ4v) is 2.53. The molecular formula is C12H12N4O2S2. The predicted octanol–water partition coefficient (Wildman–Crippen LogP) is 2.04. The molecule has 0 radical (unpaired) electrons. The molecule has 2 aromatic rings. The van der Waals surface area contributed by atoms with Gasteiger partial charge in [0, 0.05) is 18.1 Å². The molecule has 0 saturated carbocycles. The van der Waals surface area contributed by atoms with Crippen LogP contribution in [-0.2, 0) is 10.0 Å². The predicted molar refractivity (Wildman–Crippen MR) is 81.2 cm³/mol. The highest BCUT2D eigenvalue weighted by molar-refractivity contribution is 7.92. The Morgan fingerprint density at radius 3 is 2.30 bits per heavy atom. The van der Waals surface area contributed by atoms with Crippen molar-refractivity contribution in [2.45, 2.75) is 11.8 Å². The van der Waals surface area contributed by atoms with Gasteiger partial charge in [0.15, 0.2) is 0 Å². The monoisotopic (exact) mass is 308 g/mol. The lowest BCUT2D eigenvalue weighted by atomic mass is 10.3. The number of anilines is 2. The van der Waals surface area contributed by atoms with E-state index in [2.05, 4.69) is 20.0 Å². The zero-order valence-electron chi connectivity index (χ0n) is 10.6. The first-order valence-electron chi connectivity index (χ1n) is 5.65. The molecule has 8 heteroatoms. The Morgan fingerprint density at radius 2 is 1.75 bits per heavy atom. The first-order valence-corrected chi connectivity index (χ1v) is 7.54. The lowest BCUT2D eigenvalue weighted by molar-refractivity contribution is 0.601. The average molecular weight is 308 g/mol. The lowest BCUT2D eigenvalue weighted by Gasteiger charge is -2.08. The normalized spacial score (nSPS) is 10.8. The maximum Gasteiger partial charge on any atom is 0.264 e. The molecule has 1 aromatic heterocycles. The van der Waals surface area contributed by atoms with Crippen molar-refractivity contribution in [2.24, 2.45) is 0 Å². The summed E-state index contributed by atoms with van der Waals surface area (Å²) in [7, 11) is -3.69. The van der Waals surface area contributed by atoms with Gasteiger partial charge in [-0.1, -0.05) is 12.2 Å². The third-order valence-corrected chi connectivity index (χ3v) is 3.72. The van der Waals surface area contributed by atoms with E-state index < -0.39 is 10.0 Å². The molecule has 20 heavy (non-hydrogen) atoms. The number of aromatic nitrogens is 2. The van der Waals surface area contributed by atoms with Crippen LogP contribution in [0.4, 0.5) is 11.6 Å². The topological polar surface area (TPSA) is 84.0 Å². The summed E-state index contributed by atoms with van der Waals surface area (Å²) in [6.45, 7) is 1.74. The molecule has 6 nitrogen and oxygen atoms in total. The van der Waals surface area contributed by atoms with Gasteiger partial charge in [-0.05, 0) is 37.3 Å². The lowest BCUT2D eigenvalue weighted by Crippen LogP contribution is -2.15. The fourth-order valence-electron chi connectivity index (χ4n) is 1.45. The maximum atomic E-state index is 12.1. The molecule has 1 heterocycles. The van der Waals surface area contributed by atoms with Crippen molar-refractivity contribution in [3.05, 3.63) is 42.7 Å². The van der Waals surface area contributed by atoms with Crippen LogP contribution in [0.15, 0.2) is 47.6 Å². The molecule has 0 fully saturated rings. The molecule has 0 aliphatic heterocycles. The number of sulfonamides is 1. The average Bonchev–Trinajstić information content (AvgIpc) is 2.39. The van der Waals surface area contributed by atoms with E-state index in [9.17, 15) is 8.42 Å². The van der Waals surface area contributed by atoms with Crippen molar-refractivity contribution in [2.75, 3.05) is 10.0 Å². The Kier molecular flexibility index (Phi) is 4.26. The summed E-state index contributed by atoms with van der Waals surface area (Å²) in [4.78, 5) is 8.36. The van der Waals surface area contributed by atoms with E-state index in [4.69, 9.17) is 12.2 Å². The summed E-state index contributed by atoms with van der Waals surface area (Å²) < 4.78 is 26.5. The van der Waals surface area contributed by atoms with Crippen molar-refractivity contribution in [1.82, 2.24) is 9.97 Å². The van der Waals surface area contributed by atoms with Crippen LogP contribution in [-0.4, -0.2) is 23.4 Å². The second-order valence-electron chi connectivity index (χ2n) is 3.88. The van der Waals surface area contributed by atoms with E-state index in [1.807, 2.05) is 0 Å². The Balaban J connectivity index is 2.19. The molecule has 104 valence electrons. The van der Waals surface area contributed by atoms with E-state index in [0.29, 0.717) is 4.99 Å². The van der Waals surface area contributed by atoms with Gasteiger partial charge in [0.1, 0.15) is 0 Å². The zero-order chi connectivity index (χ0) is 14.6. The van der Waals surface area contributed by atoms with Crippen LogP contribution in [0.2, 0.25) is 0 Å². The van der Waals surface area contributed by atoms with Crippen LogP contribution in [0.5, 0.6) is 0 Å². The van der Waals surface area contributed by atoms with Gasteiger partial charge in [-0.25, -0.2) is 23.1 Å². The van der Waals surface area contributed by atoms with Crippen LogP contribution in [0.25, 0.3) is 0 Å². The van der Waals surface area contributed by atoms with Crippen LogP contribution in [0.3, 0.4) is 0 Å². The maximum absolute atomic E-state index is 12.1. The van der Waals surface area contributed by atoms with Crippen molar-refractivity contribution in [3.63, 3.8) is 0 Å². The Labute approximate surface area is 122 Å². The molecule has 0 aliphatic rings. The minimum absolute atomic E-state index is 0.0319. The Bertz CT molecular complexity index is 700. The number of hydrogen-bond acceptors (Lipinski definition) is 5. The summed E-state index contributed by atoms with van der Waals surface area (Å²) in [5.74, 6) is 0.0319. The fraction of sp³-hybridized carbons (Fsp3) is 0.0833. The number of thiocarbonyl (C=S) groups is 1. The third kappa shape index (κ3) is 3.72. The van der Waals surface area contributed by atoms with Crippen molar-refractivity contribution < 1.29 is 8.42 Å². The number of hydrogen-bond donors (Lipinski definition) is 2. The first-order chi connectivity index (χ1) is 9.47. The van der Waals surface area contributed by atoms with E-state index in [1.165, 1.54) is 24.5 Å². The van der Waals surface area contributed by atoms with Crippen LogP contribution in [0, 0.1) is 0 Å². The molecule has 0 unspecified atom stereocenters. The van der Waals surface area contributed by atoms with Gasteiger partial charge in [0.25, 0.3) is 10.0 Å². The van der Waals surface area contributed by atoms with E-state index in [0.717, 1.165) is 5.69 Å². The highest BCUT2D eigenvalue weighted by Gasteiger charge is 2.15. The number of rotatable bonds is 4. The van der Waals surface area contributed by atoms with Gasteiger partial charge in [0.2, 0.25) is 5.95 Å². The van der Waals surface area contributed by atoms with Crippen molar-refractivity contribution in [1.29, 1.82) is 0 Å². The van der Waals surface area contributed by atoms with Crippen LogP contribution in [0.1, 0.15) is 6.92 Å². The summed E-state index contributed by atoms with van der Waals surface area (Å²) >= 11 is 4.91. The zero-order valence-corrected chi connectivity index (χ0v) is 12.2. The van der Waals surface area contributed by atoms with E-state index >= 15 is 0 Å².